The summed E-state index contributed by atoms with van der Waals surface area (Å²) in [6.45, 7) is 3.96. The van der Waals surface area contributed by atoms with E-state index in [-0.39, 0.29) is 11.3 Å². The van der Waals surface area contributed by atoms with E-state index in [0.29, 0.717) is 5.39 Å². The van der Waals surface area contributed by atoms with Crippen LogP contribution in [0.4, 0.5) is 13.2 Å². The Balaban J connectivity index is 2.80. The van der Waals surface area contributed by atoms with E-state index >= 15 is 0 Å². The van der Waals surface area contributed by atoms with Gasteiger partial charge < -0.3 is 0 Å². The molecule has 0 spiro atoms. The molecule has 0 atom stereocenters. The van der Waals surface area contributed by atoms with E-state index in [1.807, 2.05) is 13.8 Å². The molecule has 0 unspecified atom stereocenters. The Kier molecular flexibility index (Phi) is 2.86. The summed E-state index contributed by atoms with van der Waals surface area (Å²) < 4.78 is 38.6. The first-order valence-electron chi connectivity index (χ1n) is 5.50. The summed E-state index contributed by atoms with van der Waals surface area (Å²) in [5.41, 5.74) is 0.395. The molecule has 2 aromatic carbocycles. The van der Waals surface area contributed by atoms with Gasteiger partial charge in [0, 0.05) is 0 Å². The number of hydrogen-bond donors (Lipinski definition) is 0. The molecule has 0 aromatic heterocycles. The third-order valence-electron chi connectivity index (χ3n) is 2.89. The van der Waals surface area contributed by atoms with Gasteiger partial charge in [-0.05, 0) is 28.3 Å². The fourth-order valence-electron chi connectivity index (χ4n) is 2.07. The SMILES string of the molecule is CC(C)c1ccc(C(F)(F)F)c2ccccc12. The minimum Gasteiger partial charge on any atom is -0.166 e. The van der Waals surface area contributed by atoms with Crippen molar-refractivity contribution in [2.45, 2.75) is 25.9 Å². The van der Waals surface area contributed by atoms with Crippen molar-refractivity contribution in [3.63, 3.8) is 0 Å². The second kappa shape index (κ2) is 4.06. The lowest BCUT2D eigenvalue weighted by atomic mass is 9.93. The molecular formula is C14H13F3. The van der Waals surface area contributed by atoms with Gasteiger partial charge >= 0.3 is 6.18 Å². The standard InChI is InChI=1S/C14H13F3/c1-9(2)10-7-8-13(14(15,16)17)12-6-4-3-5-11(10)12/h3-9H,1-2H3. The van der Waals surface area contributed by atoms with Gasteiger partial charge in [-0.2, -0.15) is 13.2 Å². The van der Waals surface area contributed by atoms with Crippen LogP contribution < -0.4 is 0 Å². The largest absolute Gasteiger partial charge is 0.417 e. The normalized spacial score (nSPS) is 12.4. The first-order valence-corrected chi connectivity index (χ1v) is 5.50. The van der Waals surface area contributed by atoms with Crippen LogP contribution in [0.3, 0.4) is 0 Å². The van der Waals surface area contributed by atoms with Crippen LogP contribution in [0.5, 0.6) is 0 Å². The highest BCUT2D eigenvalue weighted by atomic mass is 19.4. The van der Waals surface area contributed by atoms with Crippen LogP contribution in [-0.2, 0) is 6.18 Å². The Morgan fingerprint density at radius 3 is 2.00 bits per heavy atom. The van der Waals surface area contributed by atoms with Gasteiger partial charge in [0.05, 0.1) is 5.56 Å². The van der Waals surface area contributed by atoms with E-state index < -0.39 is 11.7 Å². The molecule has 90 valence electrons. The summed E-state index contributed by atoms with van der Waals surface area (Å²) >= 11 is 0. The maximum absolute atomic E-state index is 12.9. The van der Waals surface area contributed by atoms with Gasteiger partial charge in [-0.15, -0.1) is 0 Å². The molecule has 2 rings (SSSR count). The Morgan fingerprint density at radius 2 is 1.47 bits per heavy atom. The fraction of sp³-hybridized carbons (Fsp3) is 0.286. The first-order chi connectivity index (χ1) is 7.91. The molecule has 0 bridgehead atoms. The lowest BCUT2D eigenvalue weighted by molar-refractivity contribution is -0.136. The molecule has 0 aliphatic rings. The van der Waals surface area contributed by atoms with Crippen molar-refractivity contribution >= 4 is 10.8 Å². The number of hydrogen-bond acceptors (Lipinski definition) is 0. The molecule has 0 radical (unpaired) electrons. The summed E-state index contributed by atoms with van der Waals surface area (Å²) in [7, 11) is 0. The van der Waals surface area contributed by atoms with Crippen LogP contribution in [0.1, 0.15) is 30.9 Å². The molecule has 0 nitrogen and oxygen atoms in total. The fourth-order valence-corrected chi connectivity index (χ4v) is 2.07. The second-order valence-electron chi connectivity index (χ2n) is 4.40. The zero-order valence-electron chi connectivity index (χ0n) is 9.68. The monoisotopic (exact) mass is 238 g/mol. The summed E-state index contributed by atoms with van der Waals surface area (Å²) in [6.07, 6.45) is -4.30. The highest BCUT2D eigenvalue weighted by Crippen LogP contribution is 2.37. The van der Waals surface area contributed by atoms with E-state index in [0.717, 1.165) is 5.56 Å². The molecule has 2 aromatic rings. The highest BCUT2D eigenvalue weighted by Gasteiger charge is 2.32. The lowest BCUT2D eigenvalue weighted by Crippen LogP contribution is -2.06. The van der Waals surface area contributed by atoms with Crippen LogP contribution in [0.25, 0.3) is 10.8 Å². The van der Waals surface area contributed by atoms with Crippen molar-refractivity contribution in [3.05, 3.63) is 47.5 Å². The highest BCUT2D eigenvalue weighted by molar-refractivity contribution is 5.89. The van der Waals surface area contributed by atoms with Gasteiger partial charge in [0.25, 0.3) is 0 Å². The third kappa shape index (κ3) is 2.14. The van der Waals surface area contributed by atoms with Gasteiger partial charge in [0.1, 0.15) is 0 Å². The molecule has 17 heavy (non-hydrogen) atoms. The Labute approximate surface area is 98.1 Å². The van der Waals surface area contributed by atoms with Crippen LogP contribution in [-0.4, -0.2) is 0 Å². The van der Waals surface area contributed by atoms with E-state index in [1.54, 1.807) is 24.3 Å². The zero-order valence-corrected chi connectivity index (χ0v) is 9.68. The predicted molar refractivity (Wildman–Crippen MR) is 63.0 cm³/mol. The van der Waals surface area contributed by atoms with Gasteiger partial charge in [-0.1, -0.05) is 44.2 Å². The number of alkyl halides is 3. The predicted octanol–water partition coefficient (Wildman–Crippen LogP) is 4.98. The average molecular weight is 238 g/mol. The van der Waals surface area contributed by atoms with Crippen LogP contribution >= 0.6 is 0 Å². The summed E-state index contributed by atoms with van der Waals surface area (Å²) in [5.74, 6) is 0.210. The van der Waals surface area contributed by atoms with Crippen LogP contribution in [0.15, 0.2) is 36.4 Å². The third-order valence-corrected chi connectivity index (χ3v) is 2.89. The van der Waals surface area contributed by atoms with Gasteiger partial charge in [0.15, 0.2) is 0 Å². The minimum atomic E-state index is -4.30. The molecule has 0 aliphatic carbocycles. The van der Waals surface area contributed by atoms with Crippen molar-refractivity contribution in [3.8, 4) is 0 Å². The first kappa shape index (κ1) is 12.0. The van der Waals surface area contributed by atoms with Gasteiger partial charge in [-0.3, -0.25) is 0 Å². The van der Waals surface area contributed by atoms with Gasteiger partial charge in [-0.25, -0.2) is 0 Å². The molecule has 0 N–H and O–H groups in total. The summed E-state index contributed by atoms with van der Waals surface area (Å²) in [6, 6.07) is 9.45. The molecule has 0 heterocycles. The quantitative estimate of drug-likeness (QED) is 0.657. The smallest absolute Gasteiger partial charge is 0.166 e. The van der Waals surface area contributed by atoms with Crippen molar-refractivity contribution in [1.82, 2.24) is 0 Å². The maximum atomic E-state index is 12.9. The molecule has 3 heteroatoms. The van der Waals surface area contributed by atoms with Crippen LogP contribution in [0.2, 0.25) is 0 Å². The molecule has 0 saturated carbocycles. The maximum Gasteiger partial charge on any atom is 0.417 e. The Bertz CT molecular complexity index is 539. The second-order valence-corrected chi connectivity index (χ2v) is 4.40. The number of halogens is 3. The minimum absolute atomic E-state index is 0.210. The van der Waals surface area contributed by atoms with Crippen molar-refractivity contribution in [2.75, 3.05) is 0 Å². The zero-order chi connectivity index (χ0) is 12.6. The summed E-state index contributed by atoms with van der Waals surface area (Å²) in [5, 5.41) is 0.975. The molecule has 0 aliphatic heterocycles. The number of fused-ring (bicyclic) bond motifs is 1. The molecule has 0 saturated heterocycles. The average Bonchev–Trinajstić information content (AvgIpc) is 2.26. The van der Waals surface area contributed by atoms with Crippen molar-refractivity contribution < 1.29 is 13.2 Å². The Hall–Kier alpha value is -1.51. The summed E-state index contributed by atoms with van der Waals surface area (Å²) in [4.78, 5) is 0. The lowest BCUT2D eigenvalue weighted by Gasteiger charge is -2.15. The molecule has 0 amide bonds. The topological polar surface area (TPSA) is 0 Å². The van der Waals surface area contributed by atoms with E-state index in [2.05, 4.69) is 0 Å². The van der Waals surface area contributed by atoms with E-state index in [9.17, 15) is 13.2 Å². The molecule has 0 fully saturated rings. The van der Waals surface area contributed by atoms with Crippen LogP contribution in [0, 0.1) is 0 Å². The van der Waals surface area contributed by atoms with E-state index in [4.69, 9.17) is 0 Å². The molecular weight excluding hydrogens is 225 g/mol. The Morgan fingerprint density at radius 1 is 0.882 bits per heavy atom. The number of benzene rings is 2. The van der Waals surface area contributed by atoms with Crippen molar-refractivity contribution in [2.24, 2.45) is 0 Å². The number of rotatable bonds is 1. The van der Waals surface area contributed by atoms with Gasteiger partial charge in [0.2, 0.25) is 0 Å². The van der Waals surface area contributed by atoms with E-state index in [1.165, 1.54) is 12.1 Å². The van der Waals surface area contributed by atoms with Crippen molar-refractivity contribution in [1.29, 1.82) is 0 Å².